The molecule has 0 fully saturated rings. The number of nitrogens with zero attached hydrogens (tertiary/aromatic N) is 1. The molecule has 0 bridgehead atoms. The van der Waals surface area contributed by atoms with Crippen molar-refractivity contribution in [2.75, 3.05) is 17.6 Å². The van der Waals surface area contributed by atoms with Crippen LogP contribution in [0.25, 0.3) is 0 Å². The Morgan fingerprint density at radius 1 is 1.19 bits per heavy atom. The van der Waals surface area contributed by atoms with Crippen LogP contribution >= 0.6 is 24.0 Å². The van der Waals surface area contributed by atoms with Crippen LogP contribution in [-0.4, -0.2) is 26.7 Å². The summed E-state index contributed by atoms with van der Waals surface area (Å²) in [5.74, 6) is -0.582. The lowest BCUT2D eigenvalue weighted by molar-refractivity contribution is 0.567. The minimum atomic E-state index is -3.74. The molecule has 3 N–H and O–H groups in total. The molecule has 0 saturated carbocycles. The number of nitrogens with two attached hydrogens (primary N) is 1. The standard InChI is InChI=1S/C18H22FN3O2S.HI/c1-13(2)14-6-5-7-15(12-14)22-18(20)21-10-11-25(23,24)17-9-4-3-8-16(17)19;/h3-9,12-13H,10-11H2,1-2H3,(H3,20,21,22);1H. The van der Waals surface area contributed by atoms with E-state index in [9.17, 15) is 12.8 Å². The van der Waals surface area contributed by atoms with E-state index in [1.54, 1.807) is 0 Å². The average molecular weight is 491 g/mol. The zero-order valence-corrected chi connectivity index (χ0v) is 17.8. The Hall–Kier alpha value is -1.68. The van der Waals surface area contributed by atoms with E-state index in [1.165, 1.54) is 18.2 Å². The van der Waals surface area contributed by atoms with Crippen LogP contribution in [-0.2, 0) is 9.84 Å². The third-order valence-corrected chi connectivity index (χ3v) is 5.36. The highest BCUT2D eigenvalue weighted by Gasteiger charge is 2.18. The minimum Gasteiger partial charge on any atom is -0.370 e. The molecule has 0 atom stereocenters. The van der Waals surface area contributed by atoms with Crippen molar-refractivity contribution in [2.45, 2.75) is 24.7 Å². The zero-order chi connectivity index (χ0) is 18.4. The van der Waals surface area contributed by atoms with Gasteiger partial charge in [0.1, 0.15) is 10.7 Å². The first kappa shape index (κ1) is 22.4. The Morgan fingerprint density at radius 3 is 2.54 bits per heavy atom. The van der Waals surface area contributed by atoms with E-state index in [1.807, 2.05) is 24.3 Å². The highest BCUT2D eigenvalue weighted by Crippen LogP contribution is 2.18. The molecule has 0 heterocycles. The number of sulfone groups is 1. The van der Waals surface area contributed by atoms with Gasteiger partial charge in [-0.1, -0.05) is 38.1 Å². The average Bonchev–Trinajstić information content (AvgIpc) is 2.55. The number of aliphatic imine (C=N–C) groups is 1. The number of halogens is 2. The van der Waals surface area contributed by atoms with Crippen LogP contribution in [0.1, 0.15) is 25.3 Å². The fraction of sp³-hybridized carbons (Fsp3) is 0.278. The van der Waals surface area contributed by atoms with Crippen molar-refractivity contribution in [1.29, 1.82) is 0 Å². The summed E-state index contributed by atoms with van der Waals surface area (Å²) < 4.78 is 37.9. The molecule has 0 saturated heterocycles. The van der Waals surface area contributed by atoms with Gasteiger partial charge >= 0.3 is 0 Å². The van der Waals surface area contributed by atoms with Gasteiger partial charge in [-0.2, -0.15) is 0 Å². The molecule has 8 heteroatoms. The van der Waals surface area contributed by atoms with Crippen LogP contribution in [0.2, 0.25) is 0 Å². The van der Waals surface area contributed by atoms with Crippen LogP contribution in [0, 0.1) is 5.82 Å². The molecule has 0 unspecified atom stereocenters. The molecule has 0 aliphatic carbocycles. The molecule has 26 heavy (non-hydrogen) atoms. The summed E-state index contributed by atoms with van der Waals surface area (Å²) in [5.41, 5.74) is 7.73. The maximum atomic E-state index is 13.6. The summed E-state index contributed by atoms with van der Waals surface area (Å²) >= 11 is 0. The lowest BCUT2D eigenvalue weighted by Crippen LogP contribution is -2.24. The van der Waals surface area contributed by atoms with Gasteiger partial charge in [0.25, 0.3) is 0 Å². The van der Waals surface area contributed by atoms with Gasteiger partial charge in [-0.25, -0.2) is 12.8 Å². The first-order valence-corrected chi connectivity index (χ1v) is 9.59. The van der Waals surface area contributed by atoms with Gasteiger partial charge in [-0.3, -0.25) is 4.99 Å². The molecule has 0 radical (unpaired) electrons. The van der Waals surface area contributed by atoms with Crippen LogP contribution in [0.4, 0.5) is 10.1 Å². The van der Waals surface area contributed by atoms with Crippen molar-refractivity contribution in [2.24, 2.45) is 10.7 Å². The predicted octanol–water partition coefficient (Wildman–Crippen LogP) is 3.77. The Morgan fingerprint density at radius 2 is 1.88 bits per heavy atom. The summed E-state index contributed by atoms with van der Waals surface area (Å²) in [6.07, 6.45) is 0. The molecule has 5 nitrogen and oxygen atoms in total. The van der Waals surface area contributed by atoms with Crippen molar-refractivity contribution in [3.8, 4) is 0 Å². The van der Waals surface area contributed by atoms with Crippen LogP contribution < -0.4 is 11.1 Å². The summed E-state index contributed by atoms with van der Waals surface area (Å²) in [4.78, 5) is 3.70. The summed E-state index contributed by atoms with van der Waals surface area (Å²) in [6, 6.07) is 13.0. The number of benzene rings is 2. The third-order valence-electron chi connectivity index (χ3n) is 3.64. The van der Waals surface area contributed by atoms with Gasteiger partial charge in [0.15, 0.2) is 15.8 Å². The highest BCUT2D eigenvalue weighted by atomic mass is 127. The van der Waals surface area contributed by atoms with Crippen LogP contribution in [0.15, 0.2) is 58.4 Å². The molecule has 0 aliphatic rings. The van der Waals surface area contributed by atoms with Crippen molar-refractivity contribution in [1.82, 2.24) is 0 Å². The van der Waals surface area contributed by atoms with E-state index in [2.05, 4.69) is 24.2 Å². The van der Waals surface area contributed by atoms with E-state index in [0.29, 0.717) is 5.92 Å². The number of anilines is 1. The zero-order valence-electron chi connectivity index (χ0n) is 14.6. The van der Waals surface area contributed by atoms with E-state index < -0.39 is 15.7 Å². The smallest absolute Gasteiger partial charge is 0.193 e. The monoisotopic (exact) mass is 491 g/mol. The van der Waals surface area contributed by atoms with E-state index >= 15 is 0 Å². The molecule has 2 aromatic carbocycles. The Labute approximate surface area is 170 Å². The summed E-state index contributed by atoms with van der Waals surface area (Å²) in [6.45, 7) is 4.12. The predicted molar refractivity (Wildman–Crippen MR) is 115 cm³/mol. The molecule has 0 amide bonds. The lowest BCUT2D eigenvalue weighted by atomic mass is 10.0. The quantitative estimate of drug-likeness (QED) is 0.366. The fourth-order valence-corrected chi connectivity index (χ4v) is 3.46. The van der Waals surface area contributed by atoms with Gasteiger partial charge in [0.2, 0.25) is 0 Å². The van der Waals surface area contributed by atoms with Crippen molar-refractivity contribution >= 4 is 45.5 Å². The number of nitrogens with one attached hydrogen (secondary N) is 1. The second kappa shape index (κ2) is 9.86. The maximum Gasteiger partial charge on any atom is 0.193 e. The second-order valence-corrected chi connectivity index (χ2v) is 8.00. The van der Waals surface area contributed by atoms with Crippen molar-refractivity contribution in [3.63, 3.8) is 0 Å². The van der Waals surface area contributed by atoms with Crippen LogP contribution in [0.5, 0.6) is 0 Å². The summed E-state index contributed by atoms with van der Waals surface area (Å²) in [5, 5.41) is 2.93. The van der Waals surface area contributed by atoms with Gasteiger partial charge in [0.05, 0.1) is 12.3 Å². The van der Waals surface area contributed by atoms with Crippen molar-refractivity contribution < 1.29 is 12.8 Å². The van der Waals surface area contributed by atoms with Crippen molar-refractivity contribution in [3.05, 3.63) is 59.9 Å². The Bertz CT molecular complexity index is 870. The number of hydrogen-bond acceptors (Lipinski definition) is 3. The molecule has 0 aliphatic heterocycles. The molecule has 142 valence electrons. The van der Waals surface area contributed by atoms with Crippen LogP contribution in [0.3, 0.4) is 0 Å². The van der Waals surface area contributed by atoms with Gasteiger partial charge in [0, 0.05) is 5.69 Å². The Balaban J connectivity index is 0.00000338. The highest BCUT2D eigenvalue weighted by molar-refractivity contribution is 14.0. The van der Waals surface area contributed by atoms with Gasteiger partial charge in [-0.05, 0) is 35.7 Å². The largest absolute Gasteiger partial charge is 0.370 e. The maximum absolute atomic E-state index is 13.6. The Kier molecular flexibility index (Phi) is 8.48. The number of hydrogen-bond donors (Lipinski definition) is 2. The first-order valence-electron chi connectivity index (χ1n) is 7.94. The number of guanidine groups is 1. The molecule has 2 rings (SSSR count). The molecular weight excluding hydrogens is 468 g/mol. The molecule has 0 spiro atoms. The van der Waals surface area contributed by atoms with E-state index in [4.69, 9.17) is 5.73 Å². The molecule has 2 aromatic rings. The normalized spacial score (nSPS) is 11.9. The first-order chi connectivity index (χ1) is 11.8. The van der Waals surface area contributed by atoms with Gasteiger partial charge in [-0.15, -0.1) is 24.0 Å². The van der Waals surface area contributed by atoms with Gasteiger partial charge < -0.3 is 11.1 Å². The molecule has 0 aromatic heterocycles. The number of rotatable bonds is 6. The second-order valence-electron chi connectivity index (χ2n) is 5.92. The van der Waals surface area contributed by atoms with E-state index in [-0.39, 0.29) is 47.1 Å². The topological polar surface area (TPSA) is 84.5 Å². The summed E-state index contributed by atoms with van der Waals surface area (Å²) in [7, 11) is -3.74. The third kappa shape index (κ3) is 6.24. The lowest BCUT2D eigenvalue weighted by Gasteiger charge is -2.10. The SMILES string of the molecule is CC(C)c1cccc(NC(N)=NCCS(=O)(=O)c2ccccc2F)c1.I. The molecular formula is C18H23FIN3O2S. The van der Waals surface area contributed by atoms with E-state index in [0.717, 1.165) is 17.3 Å². The minimum absolute atomic E-state index is 0. The fourth-order valence-electron chi connectivity index (χ4n) is 2.26.